The average molecular weight is 280 g/mol. The summed E-state index contributed by atoms with van der Waals surface area (Å²) >= 11 is 3.41. The van der Waals surface area contributed by atoms with Crippen molar-refractivity contribution >= 4 is 27.5 Å². The van der Waals surface area contributed by atoms with Crippen LogP contribution in [0.1, 0.15) is 25.3 Å². The third kappa shape index (κ3) is 3.71. The van der Waals surface area contributed by atoms with Crippen LogP contribution in [0.5, 0.6) is 0 Å². The first kappa shape index (κ1) is 12.8. The van der Waals surface area contributed by atoms with Gasteiger partial charge < -0.3 is 5.32 Å². The Balaban J connectivity index is 2.73. The average Bonchev–Trinajstić information content (AvgIpc) is 2.28. The number of carbonyl (C=O) groups is 1. The lowest BCUT2D eigenvalue weighted by atomic mass is 10.1. The van der Waals surface area contributed by atoms with Crippen molar-refractivity contribution in [3.05, 3.63) is 28.2 Å². The Morgan fingerprint density at radius 1 is 1.56 bits per heavy atom. The fourth-order valence-electron chi connectivity index (χ4n) is 1.38. The van der Waals surface area contributed by atoms with Crippen molar-refractivity contribution in [2.75, 3.05) is 5.32 Å². The van der Waals surface area contributed by atoms with Crippen molar-refractivity contribution < 1.29 is 4.79 Å². The summed E-state index contributed by atoms with van der Waals surface area (Å²) in [4.78, 5) is 11.5. The summed E-state index contributed by atoms with van der Waals surface area (Å²) in [5, 5.41) is 2.87. The van der Waals surface area contributed by atoms with E-state index in [1.807, 2.05) is 18.2 Å². The summed E-state index contributed by atoms with van der Waals surface area (Å²) in [7, 11) is 0. The van der Waals surface area contributed by atoms with Crippen LogP contribution in [0.4, 0.5) is 5.69 Å². The Kier molecular flexibility index (Phi) is 5.07. The molecule has 0 aliphatic rings. The van der Waals surface area contributed by atoms with E-state index in [4.69, 9.17) is 6.42 Å². The van der Waals surface area contributed by atoms with Crippen LogP contribution in [-0.4, -0.2) is 5.91 Å². The first-order valence-corrected chi connectivity index (χ1v) is 5.98. The van der Waals surface area contributed by atoms with Gasteiger partial charge in [-0.3, -0.25) is 4.79 Å². The van der Waals surface area contributed by atoms with Gasteiger partial charge in [0.25, 0.3) is 0 Å². The molecule has 0 saturated carbocycles. The third-order valence-electron chi connectivity index (χ3n) is 2.22. The van der Waals surface area contributed by atoms with Gasteiger partial charge in [-0.15, -0.1) is 12.3 Å². The largest absolute Gasteiger partial charge is 0.326 e. The molecule has 0 aliphatic carbocycles. The Labute approximate surface area is 105 Å². The number of amides is 1. The van der Waals surface area contributed by atoms with E-state index in [-0.39, 0.29) is 5.91 Å². The van der Waals surface area contributed by atoms with Crippen LogP contribution in [0, 0.1) is 12.3 Å². The number of nitrogens with one attached hydrogen (secondary N) is 1. The first-order valence-electron chi connectivity index (χ1n) is 5.19. The fourth-order valence-corrected chi connectivity index (χ4v) is 1.78. The van der Waals surface area contributed by atoms with Crippen molar-refractivity contribution in [2.24, 2.45) is 0 Å². The molecule has 0 atom stereocenters. The molecule has 1 amide bonds. The highest BCUT2D eigenvalue weighted by Crippen LogP contribution is 2.21. The van der Waals surface area contributed by atoms with Gasteiger partial charge in [-0.05, 0) is 30.2 Å². The van der Waals surface area contributed by atoms with E-state index >= 15 is 0 Å². The van der Waals surface area contributed by atoms with Crippen molar-refractivity contribution in [2.45, 2.75) is 26.2 Å². The molecule has 16 heavy (non-hydrogen) atoms. The molecule has 0 spiro atoms. The van der Waals surface area contributed by atoms with Crippen LogP contribution in [0.2, 0.25) is 0 Å². The molecular weight excluding hydrogens is 266 g/mol. The predicted molar refractivity (Wildman–Crippen MR) is 70.2 cm³/mol. The van der Waals surface area contributed by atoms with Gasteiger partial charge in [-0.2, -0.15) is 0 Å². The van der Waals surface area contributed by atoms with Gasteiger partial charge in [0.2, 0.25) is 5.91 Å². The van der Waals surface area contributed by atoms with Crippen molar-refractivity contribution in [3.8, 4) is 12.3 Å². The lowest BCUT2D eigenvalue weighted by Gasteiger charge is -2.09. The zero-order valence-corrected chi connectivity index (χ0v) is 10.8. The fraction of sp³-hybridized carbons (Fsp3) is 0.308. The number of hydrogen-bond acceptors (Lipinski definition) is 1. The van der Waals surface area contributed by atoms with Gasteiger partial charge in [-0.1, -0.05) is 22.9 Å². The van der Waals surface area contributed by atoms with E-state index in [9.17, 15) is 4.79 Å². The first-order chi connectivity index (χ1) is 7.67. The monoisotopic (exact) mass is 279 g/mol. The van der Waals surface area contributed by atoms with Crippen LogP contribution in [-0.2, 0) is 11.2 Å². The summed E-state index contributed by atoms with van der Waals surface area (Å²) in [6, 6.07) is 5.82. The van der Waals surface area contributed by atoms with E-state index in [0.717, 1.165) is 22.1 Å². The summed E-state index contributed by atoms with van der Waals surface area (Å²) in [5.41, 5.74) is 1.98. The molecule has 0 fully saturated rings. The molecule has 2 nitrogen and oxygen atoms in total. The number of carbonyl (C=O) groups excluding carboxylic acids is 1. The highest BCUT2D eigenvalue weighted by Gasteiger charge is 2.05. The van der Waals surface area contributed by atoms with E-state index in [1.165, 1.54) is 0 Å². The minimum Gasteiger partial charge on any atom is -0.326 e. The minimum atomic E-state index is -0.0324. The molecule has 0 unspecified atom stereocenters. The number of terminal acetylenes is 1. The van der Waals surface area contributed by atoms with E-state index in [1.54, 1.807) is 0 Å². The molecule has 1 aromatic rings. The lowest BCUT2D eigenvalue weighted by molar-refractivity contribution is -0.116. The second kappa shape index (κ2) is 6.34. The second-order valence-electron chi connectivity index (χ2n) is 3.41. The van der Waals surface area contributed by atoms with Crippen molar-refractivity contribution in [1.29, 1.82) is 0 Å². The molecule has 0 aliphatic heterocycles. The topological polar surface area (TPSA) is 29.1 Å². The summed E-state index contributed by atoms with van der Waals surface area (Å²) in [6.07, 6.45) is 6.84. The molecule has 3 heteroatoms. The number of halogens is 1. The SMILES string of the molecule is C#CCCC(=O)Nc1ccc(Br)cc1CC. The predicted octanol–water partition coefficient (Wildman–Crippen LogP) is 3.36. The lowest BCUT2D eigenvalue weighted by Crippen LogP contribution is -2.12. The van der Waals surface area contributed by atoms with Gasteiger partial charge in [0, 0.05) is 23.0 Å². The highest BCUT2D eigenvalue weighted by atomic mass is 79.9. The number of hydrogen-bond donors (Lipinski definition) is 1. The van der Waals surface area contributed by atoms with Gasteiger partial charge in [0.05, 0.1) is 0 Å². The molecule has 0 heterocycles. The zero-order valence-electron chi connectivity index (χ0n) is 9.22. The van der Waals surface area contributed by atoms with Crippen LogP contribution in [0.25, 0.3) is 0 Å². The molecule has 0 bridgehead atoms. The zero-order chi connectivity index (χ0) is 12.0. The normalized spacial score (nSPS) is 9.56. The molecular formula is C13H14BrNO. The molecule has 1 aromatic carbocycles. The maximum atomic E-state index is 11.5. The Morgan fingerprint density at radius 3 is 2.94 bits per heavy atom. The van der Waals surface area contributed by atoms with Gasteiger partial charge in [0.1, 0.15) is 0 Å². The number of aryl methyl sites for hydroxylation is 1. The Bertz CT molecular complexity index is 420. The Hall–Kier alpha value is -1.27. The third-order valence-corrected chi connectivity index (χ3v) is 2.71. The quantitative estimate of drug-likeness (QED) is 0.842. The number of anilines is 1. The van der Waals surface area contributed by atoms with Gasteiger partial charge >= 0.3 is 0 Å². The molecule has 0 saturated heterocycles. The minimum absolute atomic E-state index is 0.0324. The maximum Gasteiger partial charge on any atom is 0.225 e. The highest BCUT2D eigenvalue weighted by molar-refractivity contribution is 9.10. The van der Waals surface area contributed by atoms with E-state index in [0.29, 0.717) is 12.8 Å². The summed E-state index contributed by atoms with van der Waals surface area (Å²) in [5.74, 6) is 2.42. The van der Waals surface area contributed by atoms with E-state index in [2.05, 4.69) is 34.1 Å². The molecule has 1 N–H and O–H groups in total. The number of benzene rings is 1. The summed E-state index contributed by atoms with van der Waals surface area (Å²) in [6.45, 7) is 2.05. The van der Waals surface area contributed by atoms with Crippen LogP contribution < -0.4 is 5.32 Å². The summed E-state index contributed by atoms with van der Waals surface area (Å²) < 4.78 is 1.02. The smallest absolute Gasteiger partial charge is 0.225 e. The second-order valence-corrected chi connectivity index (χ2v) is 4.32. The molecule has 1 rings (SSSR count). The maximum absolute atomic E-state index is 11.5. The Morgan fingerprint density at radius 2 is 2.31 bits per heavy atom. The molecule has 0 radical (unpaired) electrons. The van der Waals surface area contributed by atoms with Crippen molar-refractivity contribution in [3.63, 3.8) is 0 Å². The van der Waals surface area contributed by atoms with Crippen LogP contribution >= 0.6 is 15.9 Å². The van der Waals surface area contributed by atoms with Gasteiger partial charge in [0.15, 0.2) is 0 Å². The van der Waals surface area contributed by atoms with Crippen LogP contribution in [0.3, 0.4) is 0 Å². The van der Waals surface area contributed by atoms with Gasteiger partial charge in [-0.25, -0.2) is 0 Å². The molecule has 0 aromatic heterocycles. The standard InChI is InChI=1S/C13H14BrNO/c1-3-5-6-13(16)15-12-8-7-11(14)9-10(12)4-2/h1,7-9H,4-6H2,2H3,(H,15,16). The number of rotatable bonds is 4. The van der Waals surface area contributed by atoms with Crippen molar-refractivity contribution in [1.82, 2.24) is 0 Å². The van der Waals surface area contributed by atoms with E-state index < -0.39 is 0 Å². The van der Waals surface area contributed by atoms with Crippen LogP contribution in [0.15, 0.2) is 22.7 Å². The molecule has 84 valence electrons.